The first kappa shape index (κ1) is 21.2. The Kier molecular flexibility index (Phi) is 5.22. The standard InChI is InChI=1S/C29H19NO4/c1-18-15-16-21-23(17-18)26(31)22-13-8-14-24(25(22)27(21)32)30(28(33)19-9-4-2-5-10-19)29(34)20-11-6-3-7-12-20/h2-17H,1H3. The largest absolute Gasteiger partial charge is 0.289 e. The van der Waals surface area contributed by atoms with Crippen LogP contribution in [0.2, 0.25) is 0 Å². The van der Waals surface area contributed by atoms with E-state index in [9.17, 15) is 19.2 Å². The highest BCUT2D eigenvalue weighted by Gasteiger charge is 2.36. The Morgan fingerprint density at radius 3 is 1.76 bits per heavy atom. The van der Waals surface area contributed by atoms with Crippen LogP contribution in [0, 0.1) is 6.92 Å². The second kappa shape index (κ2) is 8.37. The fraction of sp³-hybridized carbons (Fsp3) is 0.0345. The Morgan fingerprint density at radius 2 is 1.18 bits per heavy atom. The molecule has 2 amide bonds. The lowest BCUT2D eigenvalue weighted by Crippen LogP contribution is -2.39. The van der Waals surface area contributed by atoms with Crippen LogP contribution in [-0.4, -0.2) is 23.4 Å². The molecule has 0 heterocycles. The van der Waals surface area contributed by atoms with Crippen LogP contribution in [0.15, 0.2) is 97.1 Å². The van der Waals surface area contributed by atoms with Crippen LogP contribution in [0.4, 0.5) is 5.69 Å². The molecule has 4 aromatic rings. The van der Waals surface area contributed by atoms with Gasteiger partial charge < -0.3 is 0 Å². The third-order valence-electron chi connectivity index (χ3n) is 5.87. The van der Waals surface area contributed by atoms with Crippen molar-refractivity contribution in [2.45, 2.75) is 6.92 Å². The van der Waals surface area contributed by atoms with Gasteiger partial charge in [-0.1, -0.05) is 66.2 Å². The van der Waals surface area contributed by atoms with Crippen LogP contribution in [0.3, 0.4) is 0 Å². The Hall–Kier alpha value is -4.64. The molecule has 0 N–H and O–H groups in total. The number of benzene rings is 4. The number of carbonyl (C=O) groups excluding carboxylic acids is 4. The molecule has 5 rings (SSSR count). The van der Waals surface area contributed by atoms with E-state index < -0.39 is 17.6 Å². The van der Waals surface area contributed by atoms with Crippen molar-refractivity contribution in [2.75, 3.05) is 4.90 Å². The highest BCUT2D eigenvalue weighted by Crippen LogP contribution is 2.35. The fourth-order valence-corrected chi connectivity index (χ4v) is 4.21. The molecule has 1 aliphatic carbocycles. The van der Waals surface area contributed by atoms with Crippen LogP contribution in [-0.2, 0) is 0 Å². The molecular weight excluding hydrogens is 426 g/mol. The van der Waals surface area contributed by atoms with Crippen LogP contribution < -0.4 is 4.90 Å². The normalized spacial score (nSPS) is 12.0. The number of aryl methyl sites for hydroxylation is 1. The van der Waals surface area contributed by atoms with Gasteiger partial charge in [0, 0.05) is 27.8 Å². The van der Waals surface area contributed by atoms with Gasteiger partial charge in [-0.25, -0.2) is 4.90 Å². The van der Waals surface area contributed by atoms with Gasteiger partial charge in [0.15, 0.2) is 11.6 Å². The minimum Gasteiger partial charge on any atom is -0.289 e. The van der Waals surface area contributed by atoms with E-state index in [1.807, 2.05) is 6.92 Å². The Morgan fingerprint density at radius 1 is 0.588 bits per heavy atom. The minimum absolute atomic E-state index is 0.0532. The molecule has 0 unspecified atom stereocenters. The third kappa shape index (κ3) is 3.44. The van der Waals surface area contributed by atoms with E-state index >= 15 is 0 Å². The number of anilines is 1. The minimum atomic E-state index is -0.585. The molecule has 1 aliphatic rings. The number of carbonyl (C=O) groups is 4. The number of ketones is 2. The van der Waals surface area contributed by atoms with E-state index in [1.165, 1.54) is 6.07 Å². The maximum atomic E-state index is 13.6. The van der Waals surface area contributed by atoms with Crippen LogP contribution in [0.25, 0.3) is 0 Å². The Bertz CT molecular complexity index is 1420. The lowest BCUT2D eigenvalue weighted by Gasteiger charge is -2.27. The number of imide groups is 1. The average molecular weight is 445 g/mol. The first-order valence-corrected chi connectivity index (χ1v) is 10.8. The average Bonchev–Trinajstić information content (AvgIpc) is 2.88. The Labute approximate surface area is 196 Å². The molecule has 164 valence electrons. The van der Waals surface area contributed by atoms with Gasteiger partial charge >= 0.3 is 0 Å². The summed E-state index contributed by atoms with van der Waals surface area (Å²) in [5, 5.41) is 0. The van der Waals surface area contributed by atoms with Gasteiger partial charge in [0.25, 0.3) is 11.8 Å². The molecular formula is C29H19NO4. The van der Waals surface area contributed by atoms with E-state index in [-0.39, 0.29) is 39.3 Å². The summed E-state index contributed by atoms with van der Waals surface area (Å²) in [5.41, 5.74) is 2.33. The summed E-state index contributed by atoms with van der Waals surface area (Å²) in [4.78, 5) is 55.2. The molecule has 0 aliphatic heterocycles. The number of fused-ring (bicyclic) bond motifs is 2. The molecule has 4 aromatic carbocycles. The topological polar surface area (TPSA) is 71.5 Å². The van der Waals surface area contributed by atoms with Crippen molar-refractivity contribution in [3.05, 3.63) is 136 Å². The van der Waals surface area contributed by atoms with Crippen LogP contribution in [0.5, 0.6) is 0 Å². The number of nitrogens with zero attached hydrogens (tertiary/aromatic N) is 1. The quantitative estimate of drug-likeness (QED) is 0.355. The predicted molar refractivity (Wildman–Crippen MR) is 129 cm³/mol. The van der Waals surface area contributed by atoms with Crippen molar-refractivity contribution in [2.24, 2.45) is 0 Å². The van der Waals surface area contributed by atoms with E-state index in [0.717, 1.165) is 10.5 Å². The zero-order valence-corrected chi connectivity index (χ0v) is 18.3. The molecule has 5 nitrogen and oxygen atoms in total. The highest BCUT2D eigenvalue weighted by atomic mass is 16.2. The van der Waals surface area contributed by atoms with Crippen molar-refractivity contribution < 1.29 is 19.2 Å². The molecule has 0 bridgehead atoms. The molecule has 0 saturated carbocycles. The summed E-state index contributed by atoms with van der Waals surface area (Å²) in [6.07, 6.45) is 0. The second-order valence-electron chi connectivity index (χ2n) is 8.08. The first-order valence-electron chi connectivity index (χ1n) is 10.8. The summed E-state index contributed by atoms with van der Waals surface area (Å²) >= 11 is 0. The van der Waals surface area contributed by atoms with Gasteiger partial charge in [-0.05, 0) is 43.3 Å². The zero-order valence-electron chi connectivity index (χ0n) is 18.3. The predicted octanol–water partition coefficient (Wildman–Crippen LogP) is 5.26. The van der Waals surface area contributed by atoms with Crippen molar-refractivity contribution in [1.82, 2.24) is 0 Å². The second-order valence-corrected chi connectivity index (χ2v) is 8.08. The van der Waals surface area contributed by atoms with Gasteiger partial charge in [0.1, 0.15) is 0 Å². The molecule has 0 fully saturated rings. The monoisotopic (exact) mass is 445 g/mol. The van der Waals surface area contributed by atoms with Gasteiger partial charge in [-0.15, -0.1) is 0 Å². The molecule has 0 atom stereocenters. The number of hydrogen-bond donors (Lipinski definition) is 0. The summed E-state index contributed by atoms with van der Waals surface area (Å²) in [6.45, 7) is 1.85. The van der Waals surface area contributed by atoms with Crippen molar-refractivity contribution in [3.8, 4) is 0 Å². The molecule has 0 saturated heterocycles. The van der Waals surface area contributed by atoms with Crippen molar-refractivity contribution >= 4 is 29.1 Å². The lowest BCUT2D eigenvalue weighted by molar-refractivity contribution is 0.0895. The highest BCUT2D eigenvalue weighted by molar-refractivity contribution is 6.34. The van der Waals surface area contributed by atoms with E-state index in [2.05, 4.69) is 0 Å². The van der Waals surface area contributed by atoms with E-state index in [4.69, 9.17) is 0 Å². The molecule has 5 heteroatoms. The van der Waals surface area contributed by atoms with Crippen LogP contribution >= 0.6 is 0 Å². The summed E-state index contributed by atoms with van der Waals surface area (Å²) in [7, 11) is 0. The third-order valence-corrected chi connectivity index (χ3v) is 5.87. The van der Waals surface area contributed by atoms with Gasteiger partial charge in [0.2, 0.25) is 0 Å². The Balaban J connectivity index is 1.73. The summed E-state index contributed by atoms with van der Waals surface area (Å²) < 4.78 is 0. The van der Waals surface area contributed by atoms with Crippen LogP contribution in [0.1, 0.15) is 58.1 Å². The van der Waals surface area contributed by atoms with Gasteiger partial charge in [-0.3, -0.25) is 19.2 Å². The smallest absolute Gasteiger partial charge is 0.265 e. The number of rotatable bonds is 3. The summed E-state index contributed by atoms with van der Waals surface area (Å²) in [5.74, 6) is -1.88. The zero-order chi connectivity index (χ0) is 23.8. The van der Waals surface area contributed by atoms with E-state index in [0.29, 0.717) is 5.56 Å². The molecule has 0 spiro atoms. The van der Waals surface area contributed by atoms with Crippen molar-refractivity contribution in [1.29, 1.82) is 0 Å². The van der Waals surface area contributed by atoms with Crippen molar-refractivity contribution in [3.63, 3.8) is 0 Å². The van der Waals surface area contributed by atoms with E-state index in [1.54, 1.807) is 91.0 Å². The number of amides is 2. The molecule has 0 radical (unpaired) electrons. The number of hydrogen-bond acceptors (Lipinski definition) is 4. The molecule has 34 heavy (non-hydrogen) atoms. The fourth-order valence-electron chi connectivity index (χ4n) is 4.21. The molecule has 0 aromatic heterocycles. The first-order chi connectivity index (χ1) is 16.5. The van der Waals surface area contributed by atoms with Gasteiger partial charge in [0.05, 0.1) is 11.3 Å². The lowest BCUT2D eigenvalue weighted by atomic mass is 9.82. The maximum Gasteiger partial charge on any atom is 0.265 e. The summed E-state index contributed by atoms with van der Waals surface area (Å²) in [6, 6.07) is 26.5. The van der Waals surface area contributed by atoms with Gasteiger partial charge in [-0.2, -0.15) is 0 Å². The SMILES string of the molecule is Cc1ccc2c(c1)C(=O)c1cccc(N(C(=O)c3ccccc3)C(=O)c3ccccc3)c1C2=O. The maximum absolute atomic E-state index is 13.6.